The van der Waals surface area contributed by atoms with E-state index in [1.807, 2.05) is 6.07 Å². The molecular weight excluding hydrogens is 503 g/mol. The molecule has 4 rings (SSSR count). The number of halogens is 4. The van der Waals surface area contributed by atoms with E-state index in [-0.39, 0.29) is 5.41 Å². The smallest absolute Gasteiger partial charge is 0.257 e. The van der Waals surface area contributed by atoms with E-state index in [1.165, 1.54) is 29.5 Å². The van der Waals surface area contributed by atoms with E-state index in [4.69, 9.17) is 11.6 Å². The Balaban J connectivity index is 1.76. The van der Waals surface area contributed by atoms with E-state index < -0.39 is 24.8 Å². The van der Waals surface area contributed by atoms with Crippen LogP contribution in [0.2, 0.25) is 5.02 Å². The van der Waals surface area contributed by atoms with Crippen molar-refractivity contribution in [1.82, 2.24) is 21.0 Å². The number of rotatable bonds is 8. The van der Waals surface area contributed by atoms with Gasteiger partial charge in [0, 0.05) is 30.0 Å². The highest BCUT2D eigenvalue weighted by Crippen LogP contribution is 2.36. The second kappa shape index (κ2) is 10.7. The zero-order chi connectivity index (χ0) is 26.7. The van der Waals surface area contributed by atoms with Gasteiger partial charge in [0.25, 0.3) is 6.43 Å². The van der Waals surface area contributed by atoms with Gasteiger partial charge in [0.05, 0.1) is 40.1 Å². The number of anilines is 2. The summed E-state index contributed by atoms with van der Waals surface area (Å²) >= 11 is 6.61. The van der Waals surface area contributed by atoms with E-state index in [9.17, 15) is 18.4 Å². The van der Waals surface area contributed by atoms with Crippen LogP contribution in [0.5, 0.6) is 0 Å². The molecule has 1 aromatic heterocycles. The molecule has 1 atom stereocenters. The van der Waals surface area contributed by atoms with Crippen LogP contribution in [0.4, 0.5) is 24.5 Å². The molecule has 3 aromatic rings. The topological polar surface area (TPSA) is 88.0 Å². The fourth-order valence-electron chi connectivity index (χ4n) is 3.90. The number of hydrogen-bond acceptors (Lipinski definition) is 7. The van der Waals surface area contributed by atoms with Crippen LogP contribution in [-0.2, 0) is 0 Å². The van der Waals surface area contributed by atoms with Crippen molar-refractivity contribution >= 4 is 33.9 Å². The van der Waals surface area contributed by atoms with Gasteiger partial charge in [-0.1, -0.05) is 44.5 Å². The minimum atomic E-state index is -2.54. The summed E-state index contributed by atoms with van der Waals surface area (Å²) in [6.07, 6.45) is 0.480. The first-order valence-corrected chi connectivity index (χ1v) is 12.0. The van der Waals surface area contributed by atoms with Gasteiger partial charge in [-0.15, -0.1) is 5.53 Å². The zero-order valence-electron chi connectivity index (χ0n) is 20.5. The van der Waals surface area contributed by atoms with Crippen molar-refractivity contribution in [2.24, 2.45) is 5.41 Å². The number of nitrogens with one attached hydrogen (secondary N) is 4. The van der Waals surface area contributed by atoms with Crippen molar-refractivity contribution in [2.75, 3.05) is 23.7 Å². The highest BCUT2D eigenvalue weighted by atomic mass is 35.5. The number of nitriles is 1. The summed E-state index contributed by atoms with van der Waals surface area (Å²) in [6, 6.07) is 11.0. The SMILES string of the molecule is CC(C)(C)CNc1c(C#N)cnc2c(Cl)cc(N[C@H](C3=CN(CC(F)F)NN3)c3ccc(F)cc3)cc12. The first-order valence-electron chi connectivity index (χ1n) is 11.6. The third-order valence-electron chi connectivity index (χ3n) is 5.64. The van der Waals surface area contributed by atoms with Crippen LogP contribution >= 0.6 is 11.6 Å². The number of alkyl halides is 2. The second-order valence-electron chi connectivity index (χ2n) is 9.92. The van der Waals surface area contributed by atoms with Crippen molar-refractivity contribution in [3.8, 4) is 6.07 Å². The van der Waals surface area contributed by atoms with Crippen molar-refractivity contribution in [3.05, 3.63) is 76.5 Å². The molecule has 1 aliphatic heterocycles. The summed E-state index contributed by atoms with van der Waals surface area (Å²) in [4.78, 5) is 4.38. The van der Waals surface area contributed by atoms with Crippen LogP contribution in [0.15, 0.2) is 54.5 Å². The lowest BCUT2D eigenvalue weighted by Gasteiger charge is -2.23. The molecule has 0 aliphatic carbocycles. The van der Waals surface area contributed by atoms with Gasteiger partial charge in [0.1, 0.15) is 11.9 Å². The van der Waals surface area contributed by atoms with Crippen LogP contribution in [0.1, 0.15) is 37.9 Å². The Morgan fingerprint density at radius 2 is 1.92 bits per heavy atom. The molecule has 0 bridgehead atoms. The molecule has 0 saturated heterocycles. The fourth-order valence-corrected chi connectivity index (χ4v) is 4.16. The molecule has 0 spiro atoms. The Labute approximate surface area is 218 Å². The lowest BCUT2D eigenvalue weighted by molar-refractivity contribution is 0.0889. The Kier molecular flexibility index (Phi) is 7.66. The lowest BCUT2D eigenvalue weighted by Crippen LogP contribution is -2.39. The predicted octanol–water partition coefficient (Wildman–Crippen LogP) is 5.94. The highest BCUT2D eigenvalue weighted by molar-refractivity contribution is 6.35. The molecule has 0 fully saturated rings. The van der Waals surface area contributed by atoms with Crippen molar-refractivity contribution in [3.63, 3.8) is 0 Å². The van der Waals surface area contributed by atoms with E-state index in [0.717, 1.165) is 0 Å². The number of pyridine rings is 1. The summed E-state index contributed by atoms with van der Waals surface area (Å²) in [5.74, 6) is -0.397. The highest BCUT2D eigenvalue weighted by Gasteiger charge is 2.25. The maximum absolute atomic E-state index is 13.6. The normalized spacial score (nSPS) is 14.4. The average Bonchev–Trinajstić information content (AvgIpc) is 3.28. The van der Waals surface area contributed by atoms with Crippen molar-refractivity contribution < 1.29 is 13.2 Å². The van der Waals surface area contributed by atoms with Crippen LogP contribution in [0.3, 0.4) is 0 Å². The van der Waals surface area contributed by atoms with Crippen molar-refractivity contribution in [2.45, 2.75) is 33.2 Å². The summed E-state index contributed by atoms with van der Waals surface area (Å²) in [7, 11) is 0. The average molecular weight is 530 g/mol. The molecular formula is C26H27ClF3N7. The molecule has 194 valence electrons. The van der Waals surface area contributed by atoms with Gasteiger partial charge in [-0.2, -0.15) is 5.26 Å². The molecule has 0 unspecified atom stereocenters. The van der Waals surface area contributed by atoms with Gasteiger partial charge in [0.2, 0.25) is 0 Å². The van der Waals surface area contributed by atoms with Crippen LogP contribution in [0, 0.1) is 22.6 Å². The van der Waals surface area contributed by atoms with Gasteiger partial charge in [-0.05, 0) is 35.2 Å². The van der Waals surface area contributed by atoms with Gasteiger partial charge >= 0.3 is 0 Å². The third-order valence-corrected chi connectivity index (χ3v) is 5.93. The van der Waals surface area contributed by atoms with Crippen LogP contribution in [-0.4, -0.2) is 29.5 Å². The number of hydrazine groups is 2. The molecule has 4 N–H and O–H groups in total. The lowest BCUT2D eigenvalue weighted by atomic mass is 9.96. The quantitative estimate of drug-likeness (QED) is 0.287. The second-order valence-corrected chi connectivity index (χ2v) is 10.3. The molecule has 1 aliphatic rings. The van der Waals surface area contributed by atoms with E-state index in [0.29, 0.717) is 50.7 Å². The molecule has 0 saturated carbocycles. The molecule has 2 heterocycles. The maximum Gasteiger partial charge on any atom is 0.257 e. The Hall–Kier alpha value is -3.68. The zero-order valence-corrected chi connectivity index (χ0v) is 21.3. The van der Waals surface area contributed by atoms with E-state index in [2.05, 4.69) is 53.4 Å². The minimum absolute atomic E-state index is 0.0482. The number of benzene rings is 2. The summed E-state index contributed by atoms with van der Waals surface area (Å²) < 4.78 is 39.5. The summed E-state index contributed by atoms with van der Waals surface area (Å²) in [5, 5.41) is 18.7. The Morgan fingerprint density at radius 3 is 2.57 bits per heavy atom. The first kappa shape index (κ1) is 26.4. The molecule has 11 heteroatoms. The minimum Gasteiger partial charge on any atom is -0.383 e. The van der Waals surface area contributed by atoms with Gasteiger partial charge in [-0.3, -0.25) is 9.99 Å². The third kappa shape index (κ3) is 6.37. The molecule has 2 aromatic carbocycles. The fraction of sp³-hybridized carbons (Fsp3) is 0.308. The molecule has 37 heavy (non-hydrogen) atoms. The number of hydrogen-bond donors (Lipinski definition) is 4. The molecule has 7 nitrogen and oxygen atoms in total. The van der Waals surface area contributed by atoms with Crippen LogP contribution in [0.25, 0.3) is 10.9 Å². The predicted molar refractivity (Wildman–Crippen MR) is 139 cm³/mol. The van der Waals surface area contributed by atoms with E-state index in [1.54, 1.807) is 18.2 Å². The van der Waals surface area contributed by atoms with Crippen LogP contribution < -0.4 is 21.6 Å². The number of nitrogens with zero attached hydrogens (tertiary/aromatic N) is 3. The van der Waals surface area contributed by atoms with Gasteiger partial charge in [0.15, 0.2) is 0 Å². The summed E-state index contributed by atoms with van der Waals surface area (Å²) in [5.41, 5.74) is 8.91. The summed E-state index contributed by atoms with van der Waals surface area (Å²) in [6.45, 7) is 6.33. The Bertz CT molecular complexity index is 1350. The maximum atomic E-state index is 13.6. The van der Waals surface area contributed by atoms with Crippen molar-refractivity contribution in [1.29, 1.82) is 5.26 Å². The monoisotopic (exact) mass is 529 g/mol. The first-order chi connectivity index (χ1) is 17.5. The largest absolute Gasteiger partial charge is 0.383 e. The number of aromatic nitrogens is 1. The standard InChI is InChI=1S/C26H27ClF3N7/c1-26(2,3)14-33-23-16(10-31)11-32-25-19(23)8-18(9-20(25)27)34-24(15-4-6-17(28)7-5-15)21-12-37(36-35-21)13-22(29)30/h4-9,11-12,22,24,34-36H,13-14H2,1-3H3,(H,32,33)/t24-/m0/s1. The molecule has 0 radical (unpaired) electrons. The number of fused-ring (bicyclic) bond motifs is 1. The van der Waals surface area contributed by atoms with Gasteiger partial charge in [-0.25, -0.2) is 13.2 Å². The van der Waals surface area contributed by atoms with E-state index >= 15 is 0 Å². The van der Waals surface area contributed by atoms with Gasteiger partial charge < -0.3 is 16.1 Å². The molecule has 0 amide bonds. The Morgan fingerprint density at radius 1 is 1.19 bits per heavy atom.